The molecule has 0 saturated heterocycles. The molecule has 0 heterocycles. The molecule has 0 fully saturated rings. The standard InChI is InChI=1S/C12H23F3/c1-9(2)6-5-7-11(8-10(3)4)12(13,14)15/h9-11H,5-8H2,1-4H3/t11-/m0/s1. The minimum Gasteiger partial charge on any atom is -0.171 e. The van der Waals surface area contributed by atoms with Gasteiger partial charge in [0.05, 0.1) is 5.92 Å². The zero-order chi connectivity index (χ0) is 12.1. The molecule has 0 amide bonds. The summed E-state index contributed by atoms with van der Waals surface area (Å²) < 4.78 is 37.8. The quantitative estimate of drug-likeness (QED) is 0.593. The lowest BCUT2D eigenvalue weighted by Crippen LogP contribution is -2.24. The predicted molar refractivity (Wildman–Crippen MR) is 57.7 cm³/mol. The highest BCUT2D eigenvalue weighted by atomic mass is 19.4. The Morgan fingerprint density at radius 2 is 1.40 bits per heavy atom. The lowest BCUT2D eigenvalue weighted by atomic mass is 9.90. The van der Waals surface area contributed by atoms with Crippen LogP contribution in [0.15, 0.2) is 0 Å². The van der Waals surface area contributed by atoms with Crippen LogP contribution in [0.25, 0.3) is 0 Å². The van der Waals surface area contributed by atoms with Gasteiger partial charge in [-0.15, -0.1) is 0 Å². The smallest absolute Gasteiger partial charge is 0.171 e. The van der Waals surface area contributed by atoms with Crippen molar-refractivity contribution in [3.63, 3.8) is 0 Å². The first-order chi connectivity index (χ1) is 6.73. The van der Waals surface area contributed by atoms with Crippen molar-refractivity contribution in [2.75, 3.05) is 0 Å². The molecule has 0 radical (unpaired) electrons. The van der Waals surface area contributed by atoms with Crippen LogP contribution in [-0.4, -0.2) is 6.18 Å². The Balaban J connectivity index is 4.03. The van der Waals surface area contributed by atoms with E-state index < -0.39 is 12.1 Å². The summed E-state index contributed by atoms with van der Waals surface area (Å²) in [5.74, 6) is -0.482. The van der Waals surface area contributed by atoms with Crippen LogP contribution < -0.4 is 0 Å². The van der Waals surface area contributed by atoms with Crippen molar-refractivity contribution in [3.05, 3.63) is 0 Å². The van der Waals surface area contributed by atoms with E-state index in [1.165, 1.54) is 0 Å². The summed E-state index contributed by atoms with van der Waals surface area (Å²) in [5.41, 5.74) is 0. The fourth-order valence-corrected chi connectivity index (χ4v) is 1.76. The Kier molecular flexibility index (Phi) is 6.30. The van der Waals surface area contributed by atoms with E-state index in [-0.39, 0.29) is 12.3 Å². The monoisotopic (exact) mass is 224 g/mol. The van der Waals surface area contributed by atoms with Gasteiger partial charge in [0.1, 0.15) is 0 Å². The van der Waals surface area contributed by atoms with Gasteiger partial charge in [0.25, 0.3) is 0 Å². The second kappa shape index (κ2) is 6.39. The molecule has 0 aliphatic rings. The molecule has 0 nitrogen and oxygen atoms in total. The van der Waals surface area contributed by atoms with Crippen LogP contribution in [0.3, 0.4) is 0 Å². The van der Waals surface area contributed by atoms with E-state index in [2.05, 4.69) is 0 Å². The summed E-state index contributed by atoms with van der Waals surface area (Å²) >= 11 is 0. The summed E-state index contributed by atoms with van der Waals surface area (Å²) in [6.07, 6.45) is -1.87. The van der Waals surface area contributed by atoms with Gasteiger partial charge >= 0.3 is 6.18 Å². The lowest BCUT2D eigenvalue weighted by molar-refractivity contribution is -0.180. The number of hydrogen-bond donors (Lipinski definition) is 0. The fraction of sp³-hybridized carbons (Fsp3) is 1.00. The van der Waals surface area contributed by atoms with Crippen LogP contribution in [-0.2, 0) is 0 Å². The van der Waals surface area contributed by atoms with Crippen molar-refractivity contribution >= 4 is 0 Å². The molecule has 3 heteroatoms. The van der Waals surface area contributed by atoms with E-state index in [0.29, 0.717) is 18.8 Å². The average Bonchev–Trinajstić information content (AvgIpc) is 1.99. The van der Waals surface area contributed by atoms with Gasteiger partial charge in [-0.1, -0.05) is 40.5 Å². The van der Waals surface area contributed by atoms with E-state index in [0.717, 1.165) is 6.42 Å². The Labute approximate surface area is 91.3 Å². The highest BCUT2D eigenvalue weighted by molar-refractivity contribution is 4.69. The molecular formula is C12H23F3. The van der Waals surface area contributed by atoms with Gasteiger partial charge in [0, 0.05) is 0 Å². The van der Waals surface area contributed by atoms with E-state index in [1.807, 2.05) is 27.7 Å². The molecule has 0 aromatic rings. The average molecular weight is 224 g/mol. The van der Waals surface area contributed by atoms with E-state index in [9.17, 15) is 13.2 Å². The summed E-state index contributed by atoms with van der Waals surface area (Å²) in [7, 11) is 0. The molecule has 15 heavy (non-hydrogen) atoms. The summed E-state index contributed by atoms with van der Waals surface area (Å²) in [6, 6.07) is 0. The van der Waals surface area contributed by atoms with Gasteiger partial charge in [0.2, 0.25) is 0 Å². The normalized spacial score (nSPS) is 15.0. The van der Waals surface area contributed by atoms with Gasteiger partial charge in [0.15, 0.2) is 0 Å². The minimum absolute atomic E-state index is 0.121. The third-order valence-electron chi connectivity index (χ3n) is 2.55. The molecule has 0 unspecified atom stereocenters. The molecule has 0 aromatic heterocycles. The van der Waals surface area contributed by atoms with Crippen LogP contribution in [0.4, 0.5) is 13.2 Å². The van der Waals surface area contributed by atoms with Crippen molar-refractivity contribution < 1.29 is 13.2 Å². The molecule has 1 atom stereocenters. The summed E-state index contributed by atoms with van der Waals surface area (Å²) in [6.45, 7) is 7.79. The van der Waals surface area contributed by atoms with Crippen LogP contribution in [0, 0.1) is 17.8 Å². The maximum absolute atomic E-state index is 12.6. The van der Waals surface area contributed by atoms with E-state index >= 15 is 0 Å². The maximum Gasteiger partial charge on any atom is 0.391 e. The number of rotatable bonds is 6. The van der Waals surface area contributed by atoms with Crippen molar-refractivity contribution in [2.45, 2.75) is 59.6 Å². The summed E-state index contributed by atoms with van der Waals surface area (Å²) in [4.78, 5) is 0. The second-order valence-electron chi connectivity index (χ2n) is 5.19. The Hall–Kier alpha value is -0.210. The first kappa shape index (κ1) is 14.8. The van der Waals surface area contributed by atoms with E-state index in [1.54, 1.807) is 0 Å². The zero-order valence-electron chi connectivity index (χ0n) is 10.2. The molecule has 0 rings (SSSR count). The number of halogens is 3. The largest absolute Gasteiger partial charge is 0.391 e. The number of alkyl halides is 3. The van der Waals surface area contributed by atoms with Crippen molar-refractivity contribution in [1.29, 1.82) is 0 Å². The van der Waals surface area contributed by atoms with Crippen LogP contribution in [0.2, 0.25) is 0 Å². The Morgan fingerprint density at radius 1 is 0.867 bits per heavy atom. The van der Waals surface area contributed by atoms with Crippen LogP contribution in [0.5, 0.6) is 0 Å². The molecule has 0 spiro atoms. The SMILES string of the molecule is CC(C)CCC[C@@H](CC(C)C)C(F)(F)F. The molecule has 0 N–H and O–H groups in total. The maximum atomic E-state index is 12.6. The van der Waals surface area contributed by atoms with Gasteiger partial charge < -0.3 is 0 Å². The molecule has 92 valence electrons. The zero-order valence-corrected chi connectivity index (χ0v) is 10.2. The first-order valence-electron chi connectivity index (χ1n) is 5.80. The third kappa shape index (κ3) is 7.69. The predicted octanol–water partition coefficient (Wildman–Crippen LogP) is 5.04. The molecule has 0 saturated carbocycles. The van der Waals surface area contributed by atoms with Crippen molar-refractivity contribution in [1.82, 2.24) is 0 Å². The highest BCUT2D eigenvalue weighted by Gasteiger charge is 2.38. The Morgan fingerprint density at radius 3 is 1.73 bits per heavy atom. The molecular weight excluding hydrogens is 201 g/mol. The Bertz CT molecular complexity index is 159. The van der Waals surface area contributed by atoms with Crippen LogP contribution >= 0.6 is 0 Å². The van der Waals surface area contributed by atoms with Crippen molar-refractivity contribution in [3.8, 4) is 0 Å². The highest BCUT2D eigenvalue weighted by Crippen LogP contribution is 2.35. The first-order valence-corrected chi connectivity index (χ1v) is 5.80. The lowest BCUT2D eigenvalue weighted by Gasteiger charge is -2.22. The fourth-order valence-electron chi connectivity index (χ4n) is 1.76. The van der Waals surface area contributed by atoms with E-state index in [4.69, 9.17) is 0 Å². The molecule has 0 aromatic carbocycles. The van der Waals surface area contributed by atoms with Gasteiger partial charge in [-0.3, -0.25) is 0 Å². The van der Waals surface area contributed by atoms with Crippen LogP contribution in [0.1, 0.15) is 53.4 Å². The molecule has 0 aliphatic heterocycles. The molecule has 0 bridgehead atoms. The van der Waals surface area contributed by atoms with Gasteiger partial charge in [-0.05, 0) is 24.7 Å². The van der Waals surface area contributed by atoms with Gasteiger partial charge in [-0.25, -0.2) is 0 Å². The topological polar surface area (TPSA) is 0 Å². The number of hydrogen-bond acceptors (Lipinski definition) is 0. The third-order valence-corrected chi connectivity index (χ3v) is 2.55. The second-order valence-corrected chi connectivity index (χ2v) is 5.19. The van der Waals surface area contributed by atoms with Crippen molar-refractivity contribution in [2.24, 2.45) is 17.8 Å². The van der Waals surface area contributed by atoms with Gasteiger partial charge in [-0.2, -0.15) is 13.2 Å². The molecule has 0 aliphatic carbocycles. The minimum atomic E-state index is -4.01. The summed E-state index contributed by atoms with van der Waals surface area (Å²) in [5, 5.41) is 0.